The maximum absolute atomic E-state index is 4.44. The van der Waals surface area contributed by atoms with Gasteiger partial charge in [0, 0.05) is 19.6 Å². The normalized spacial score (nSPS) is 16.4. The number of anilines is 2. The van der Waals surface area contributed by atoms with Gasteiger partial charge in [-0.3, -0.25) is 0 Å². The maximum Gasteiger partial charge on any atom is 0.148 e. The molecular formula is C13H21BrN4. The Morgan fingerprint density at radius 3 is 2.61 bits per heavy atom. The Bertz CT molecular complexity index is 375. The minimum Gasteiger partial charge on any atom is -0.369 e. The van der Waals surface area contributed by atoms with E-state index in [1.54, 1.807) is 6.33 Å². The summed E-state index contributed by atoms with van der Waals surface area (Å²) in [6.45, 7) is 5.29. The molecule has 100 valence electrons. The van der Waals surface area contributed by atoms with Gasteiger partial charge in [-0.25, -0.2) is 9.97 Å². The van der Waals surface area contributed by atoms with E-state index in [2.05, 4.69) is 43.0 Å². The molecule has 0 saturated carbocycles. The van der Waals surface area contributed by atoms with Gasteiger partial charge in [-0.1, -0.05) is 19.8 Å². The minimum absolute atomic E-state index is 0.908. The van der Waals surface area contributed by atoms with Crippen LogP contribution in [0.4, 0.5) is 11.6 Å². The predicted octanol–water partition coefficient (Wildman–Crippen LogP) is 3.44. The van der Waals surface area contributed by atoms with Crippen LogP contribution in [0.1, 0.15) is 39.0 Å². The molecule has 1 aromatic heterocycles. The average molecular weight is 313 g/mol. The Morgan fingerprint density at radius 2 is 1.94 bits per heavy atom. The summed E-state index contributed by atoms with van der Waals surface area (Å²) < 4.78 is 1.00. The van der Waals surface area contributed by atoms with Crippen molar-refractivity contribution in [3.05, 3.63) is 10.8 Å². The minimum atomic E-state index is 0.908. The van der Waals surface area contributed by atoms with Gasteiger partial charge in [0.1, 0.15) is 22.4 Å². The summed E-state index contributed by atoms with van der Waals surface area (Å²) in [5.74, 6) is 1.94. The molecule has 4 nitrogen and oxygen atoms in total. The highest BCUT2D eigenvalue weighted by molar-refractivity contribution is 9.10. The van der Waals surface area contributed by atoms with Crippen molar-refractivity contribution in [3.8, 4) is 0 Å². The topological polar surface area (TPSA) is 41.1 Å². The van der Waals surface area contributed by atoms with Crippen molar-refractivity contribution in [3.63, 3.8) is 0 Å². The van der Waals surface area contributed by atoms with Crippen molar-refractivity contribution in [1.82, 2.24) is 9.97 Å². The third kappa shape index (κ3) is 3.34. The summed E-state index contributed by atoms with van der Waals surface area (Å²) in [6.07, 6.45) is 7.93. The molecule has 1 N–H and O–H groups in total. The number of nitrogens with one attached hydrogen (secondary N) is 1. The van der Waals surface area contributed by atoms with Gasteiger partial charge in [0.2, 0.25) is 0 Å². The lowest BCUT2D eigenvalue weighted by Crippen LogP contribution is -2.25. The van der Waals surface area contributed by atoms with Crippen LogP contribution in [0.15, 0.2) is 10.8 Å². The van der Waals surface area contributed by atoms with E-state index < -0.39 is 0 Å². The highest BCUT2D eigenvalue weighted by Crippen LogP contribution is 2.30. The van der Waals surface area contributed by atoms with Crippen LogP contribution in [-0.2, 0) is 0 Å². The molecule has 2 rings (SSSR count). The van der Waals surface area contributed by atoms with Gasteiger partial charge in [-0.15, -0.1) is 0 Å². The van der Waals surface area contributed by atoms with E-state index >= 15 is 0 Å². The predicted molar refractivity (Wildman–Crippen MR) is 79.2 cm³/mol. The summed E-state index contributed by atoms with van der Waals surface area (Å²) in [4.78, 5) is 11.1. The number of halogens is 1. The van der Waals surface area contributed by atoms with E-state index in [0.717, 1.165) is 42.2 Å². The summed E-state index contributed by atoms with van der Waals surface area (Å²) in [5, 5.41) is 3.33. The first-order valence-corrected chi connectivity index (χ1v) is 7.61. The number of hydrogen-bond acceptors (Lipinski definition) is 4. The molecule has 1 fully saturated rings. The molecule has 1 aromatic rings. The zero-order chi connectivity index (χ0) is 12.8. The zero-order valence-electron chi connectivity index (χ0n) is 11.0. The van der Waals surface area contributed by atoms with Crippen LogP contribution in [0.5, 0.6) is 0 Å². The summed E-state index contributed by atoms with van der Waals surface area (Å²) in [5.41, 5.74) is 0. The van der Waals surface area contributed by atoms with Crippen molar-refractivity contribution >= 4 is 27.6 Å². The van der Waals surface area contributed by atoms with Crippen LogP contribution in [0, 0.1) is 0 Å². The van der Waals surface area contributed by atoms with Gasteiger partial charge in [0.15, 0.2) is 0 Å². The molecule has 0 aromatic carbocycles. The lowest BCUT2D eigenvalue weighted by atomic mass is 10.2. The first-order chi connectivity index (χ1) is 8.83. The number of aromatic nitrogens is 2. The highest BCUT2D eigenvalue weighted by Gasteiger charge is 2.16. The van der Waals surface area contributed by atoms with E-state index in [4.69, 9.17) is 0 Å². The summed E-state index contributed by atoms with van der Waals surface area (Å²) >= 11 is 3.64. The van der Waals surface area contributed by atoms with Crippen LogP contribution in [0.3, 0.4) is 0 Å². The van der Waals surface area contributed by atoms with E-state index in [1.165, 1.54) is 25.7 Å². The summed E-state index contributed by atoms with van der Waals surface area (Å²) in [7, 11) is 0. The van der Waals surface area contributed by atoms with Crippen molar-refractivity contribution in [2.45, 2.75) is 39.0 Å². The first kappa shape index (κ1) is 13.6. The lowest BCUT2D eigenvalue weighted by molar-refractivity contribution is 0.726. The third-order valence-electron chi connectivity index (χ3n) is 3.22. The molecule has 2 heterocycles. The van der Waals surface area contributed by atoms with Gasteiger partial charge in [-0.05, 0) is 35.2 Å². The molecular weight excluding hydrogens is 292 g/mol. The fraction of sp³-hybridized carbons (Fsp3) is 0.692. The molecule has 0 atom stereocenters. The molecule has 0 radical (unpaired) electrons. The second kappa shape index (κ2) is 6.92. The largest absolute Gasteiger partial charge is 0.369 e. The quantitative estimate of drug-likeness (QED) is 0.924. The van der Waals surface area contributed by atoms with E-state index in [-0.39, 0.29) is 0 Å². The zero-order valence-corrected chi connectivity index (χ0v) is 12.5. The molecule has 18 heavy (non-hydrogen) atoms. The SMILES string of the molecule is CCCNc1ncnc(N2CCCCCC2)c1Br. The van der Waals surface area contributed by atoms with Crippen LogP contribution < -0.4 is 10.2 Å². The van der Waals surface area contributed by atoms with Crippen molar-refractivity contribution in [2.75, 3.05) is 29.9 Å². The molecule has 5 heteroatoms. The first-order valence-electron chi connectivity index (χ1n) is 6.82. The Hall–Kier alpha value is -0.840. The fourth-order valence-electron chi connectivity index (χ4n) is 2.23. The average Bonchev–Trinajstić information content (AvgIpc) is 2.66. The fourth-order valence-corrected chi connectivity index (χ4v) is 2.83. The number of rotatable bonds is 4. The molecule has 1 aliphatic heterocycles. The smallest absolute Gasteiger partial charge is 0.148 e. The van der Waals surface area contributed by atoms with Gasteiger partial charge in [0.05, 0.1) is 0 Å². The Kier molecular flexibility index (Phi) is 5.23. The molecule has 0 unspecified atom stereocenters. The Labute approximate surface area is 117 Å². The lowest BCUT2D eigenvalue weighted by Gasteiger charge is -2.23. The van der Waals surface area contributed by atoms with Gasteiger partial charge in [-0.2, -0.15) is 0 Å². The number of hydrogen-bond donors (Lipinski definition) is 1. The summed E-state index contributed by atoms with van der Waals surface area (Å²) in [6, 6.07) is 0. The Balaban J connectivity index is 2.15. The molecule has 0 bridgehead atoms. The Morgan fingerprint density at radius 1 is 1.22 bits per heavy atom. The maximum atomic E-state index is 4.44. The highest BCUT2D eigenvalue weighted by atomic mass is 79.9. The number of nitrogens with zero attached hydrogens (tertiary/aromatic N) is 3. The molecule has 1 aliphatic rings. The second-order valence-corrected chi connectivity index (χ2v) is 5.48. The van der Waals surface area contributed by atoms with Crippen molar-refractivity contribution < 1.29 is 0 Å². The van der Waals surface area contributed by atoms with E-state index in [9.17, 15) is 0 Å². The van der Waals surface area contributed by atoms with E-state index in [1.807, 2.05) is 0 Å². The van der Waals surface area contributed by atoms with Crippen LogP contribution in [0.25, 0.3) is 0 Å². The standard InChI is InChI=1S/C13H21BrN4/c1-2-7-15-12-11(14)13(17-10-16-12)18-8-5-3-4-6-9-18/h10H,2-9H2,1H3,(H,15,16,17). The van der Waals surface area contributed by atoms with Gasteiger partial charge >= 0.3 is 0 Å². The monoisotopic (exact) mass is 312 g/mol. The van der Waals surface area contributed by atoms with Crippen molar-refractivity contribution in [2.24, 2.45) is 0 Å². The second-order valence-electron chi connectivity index (χ2n) is 4.69. The van der Waals surface area contributed by atoms with Crippen LogP contribution in [0.2, 0.25) is 0 Å². The van der Waals surface area contributed by atoms with Crippen LogP contribution >= 0.6 is 15.9 Å². The molecule has 0 spiro atoms. The van der Waals surface area contributed by atoms with Gasteiger partial charge in [0.25, 0.3) is 0 Å². The third-order valence-corrected chi connectivity index (χ3v) is 3.95. The molecule has 1 saturated heterocycles. The molecule has 0 amide bonds. The molecule has 0 aliphatic carbocycles. The van der Waals surface area contributed by atoms with Gasteiger partial charge < -0.3 is 10.2 Å². The van der Waals surface area contributed by atoms with Crippen molar-refractivity contribution in [1.29, 1.82) is 0 Å². The van der Waals surface area contributed by atoms with E-state index in [0.29, 0.717) is 0 Å². The van der Waals surface area contributed by atoms with Crippen LogP contribution in [-0.4, -0.2) is 29.6 Å².